The SMILES string of the molecule is O=C([O-])CC(O)(CC(=O)[O-])C(=O)[O-].[Ca+2].[Ca+2].[H-]. The maximum Gasteiger partial charge on any atom is 2.00 e. The van der Waals surface area contributed by atoms with Crippen molar-refractivity contribution in [3.8, 4) is 0 Å². The smallest absolute Gasteiger partial charge is 1.00 e. The molecule has 0 bridgehead atoms. The van der Waals surface area contributed by atoms with Crippen LogP contribution in [0.4, 0.5) is 0 Å². The summed E-state index contributed by atoms with van der Waals surface area (Å²) < 4.78 is 0. The Bertz CT molecular complexity index is 241. The molecule has 9 heteroatoms. The quantitative estimate of drug-likeness (QED) is 0.490. The van der Waals surface area contributed by atoms with Crippen molar-refractivity contribution in [2.45, 2.75) is 18.4 Å². The van der Waals surface area contributed by atoms with Gasteiger partial charge in [-0.05, 0) is 0 Å². The molecule has 76 valence electrons. The van der Waals surface area contributed by atoms with Crippen molar-refractivity contribution in [2.75, 3.05) is 0 Å². The van der Waals surface area contributed by atoms with Crippen molar-refractivity contribution in [3.05, 3.63) is 0 Å². The van der Waals surface area contributed by atoms with Crippen molar-refractivity contribution in [2.24, 2.45) is 0 Å². The summed E-state index contributed by atoms with van der Waals surface area (Å²) in [7, 11) is 0. The van der Waals surface area contributed by atoms with Crippen LogP contribution in [0.2, 0.25) is 0 Å². The minimum absolute atomic E-state index is 0. The summed E-state index contributed by atoms with van der Waals surface area (Å²) in [5.74, 6) is -5.98. The number of aliphatic hydroxyl groups is 1. The summed E-state index contributed by atoms with van der Waals surface area (Å²) in [5, 5.41) is 38.9. The number of carboxylic acids is 3. The van der Waals surface area contributed by atoms with Gasteiger partial charge in [-0.15, -0.1) is 0 Å². The first kappa shape index (κ1) is 21.2. The molecular weight excluding hydrogens is 264 g/mol. The molecule has 0 aromatic carbocycles. The molecule has 0 aliphatic heterocycles. The molecule has 0 heterocycles. The number of carbonyl (C=O) groups excluding carboxylic acids is 3. The van der Waals surface area contributed by atoms with E-state index in [2.05, 4.69) is 0 Å². The zero-order chi connectivity index (χ0) is 10.6. The van der Waals surface area contributed by atoms with Crippen LogP contribution < -0.4 is 15.3 Å². The fourth-order valence-corrected chi connectivity index (χ4v) is 0.684. The first-order valence-corrected chi connectivity index (χ1v) is 3.11. The fourth-order valence-electron chi connectivity index (χ4n) is 0.684. The van der Waals surface area contributed by atoms with Crippen LogP contribution in [0.5, 0.6) is 0 Å². The second kappa shape index (κ2) is 8.98. The molecule has 0 fully saturated rings. The molecule has 0 spiro atoms. The van der Waals surface area contributed by atoms with Crippen LogP contribution in [0.3, 0.4) is 0 Å². The van der Waals surface area contributed by atoms with Crippen LogP contribution >= 0.6 is 0 Å². The summed E-state index contributed by atoms with van der Waals surface area (Å²) in [5.41, 5.74) is -2.97. The molecule has 0 saturated carbocycles. The number of aliphatic carboxylic acids is 3. The van der Waals surface area contributed by atoms with Gasteiger partial charge in [0.1, 0.15) is 5.60 Å². The van der Waals surface area contributed by atoms with Crippen molar-refractivity contribution in [1.82, 2.24) is 0 Å². The summed E-state index contributed by atoms with van der Waals surface area (Å²) in [6, 6.07) is 0. The van der Waals surface area contributed by atoms with Crippen LogP contribution in [0, 0.1) is 0 Å². The summed E-state index contributed by atoms with van der Waals surface area (Å²) in [6.07, 6.45) is -2.72. The minimum Gasteiger partial charge on any atom is -1.00 e. The number of carbonyl (C=O) groups is 3. The molecule has 0 amide bonds. The molecule has 0 unspecified atom stereocenters. The van der Waals surface area contributed by atoms with E-state index in [0.29, 0.717) is 0 Å². The summed E-state index contributed by atoms with van der Waals surface area (Å²) in [4.78, 5) is 30.0. The summed E-state index contributed by atoms with van der Waals surface area (Å²) >= 11 is 0. The van der Waals surface area contributed by atoms with Gasteiger partial charge < -0.3 is 36.2 Å². The monoisotopic (exact) mass is 270 g/mol. The average Bonchev–Trinajstić information content (AvgIpc) is 1.82. The van der Waals surface area contributed by atoms with Gasteiger partial charge in [-0.1, -0.05) is 0 Å². The maximum absolute atomic E-state index is 10.1. The first-order chi connectivity index (χ1) is 5.78. The maximum atomic E-state index is 10.1. The first-order valence-electron chi connectivity index (χ1n) is 3.11. The molecule has 0 atom stereocenters. The molecular formula is C6H6Ca2O7. The molecule has 0 aromatic rings. The third-order valence-corrected chi connectivity index (χ3v) is 1.25. The standard InChI is InChI=1S/C6H8O7.2Ca.H/c7-3(8)1-6(13,5(11)12)2-4(9)10;;;/h13H,1-2H2,(H,7,8)(H,9,10)(H,11,12);;;/q;2*+2;-1/p-3. The van der Waals surface area contributed by atoms with Crippen LogP contribution in [0.15, 0.2) is 0 Å². The molecule has 0 saturated heterocycles. The van der Waals surface area contributed by atoms with E-state index in [1.807, 2.05) is 0 Å². The topological polar surface area (TPSA) is 141 Å². The van der Waals surface area contributed by atoms with E-state index in [1.54, 1.807) is 0 Å². The van der Waals surface area contributed by atoms with Crippen molar-refractivity contribution in [3.63, 3.8) is 0 Å². The van der Waals surface area contributed by atoms with Crippen LogP contribution in [0.1, 0.15) is 14.3 Å². The Balaban J connectivity index is -0.000000240. The van der Waals surface area contributed by atoms with E-state index in [9.17, 15) is 29.7 Å². The summed E-state index contributed by atoms with van der Waals surface area (Å²) in [6.45, 7) is 0. The third-order valence-electron chi connectivity index (χ3n) is 1.25. The second-order valence-corrected chi connectivity index (χ2v) is 2.42. The van der Waals surface area contributed by atoms with E-state index >= 15 is 0 Å². The van der Waals surface area contributed by atoms with Gasteiger partial charge in [-0.25, -0.2) is 0 Å². The van der Waals surface area contributed by atoms with E-state index in [1.165, 1.54) is 0 Å². The molecule has 0 aliphatic carbocycles. The normalized spacial score (nSPS) is 9.40. The number of carboxylic acid groups (broad SMARTS) is 3. The van der Waals surface area contributed by atoms with Gasteiger partial charge in [-0.3, -0.25) is 0 Å². The molecule has 15 heavy (non-hydrogen) atoms. The Morgan fingerprint density at radius 3 is 1.40 bits per heavy atom. The fraction of sp³-hybridized carbons (Fsp3) is 0.500. The Kier molecular flexibility index (Phi) is 12.7. The van der Waals surface area contributed by atoms with E-state index in [4.69, 9.17) is 5.11 Å². The predicted octanol–water partition coefficient (Wildman–Crippen LogP) is -5.90. The number of hydrogen-bond donors (Lipinski definition) is 1. The Morgan fingerprint density at radius 1 is 1.00 bits per heavy atom. The van der Waals surface area contributed by atoms with Gasteiger partial charge in [0.2, 0.25) is 0 Å². The van der Waals surface area contributed by atoms with Crippen LogP contribution in [-0.4, -0.2) is 104 Å². The van der Waals surface area contributed by atoms with Crippen LogP contribution in [0.25, 0.3) is 0 Å². The van der Waals surface area contributed by atoms with Crippen molar-refractivity contribution in [1.29, 1.82) is 0 Å². The molecule has 1 N–H and O–H groups in total. The molecule has 0 aliphatic rings. The number of hydrogen-bond acceptors (Lipinski definition) is 7. The van der Waals surface area contributed by atoms with Gasteiger partial charge in [0, 0.05) is 24.8 Å². The average molecular weight is 270 g/mol. The van der Waals surface area contributed by atoms with Gasteiger partial charge >= 0.3 is 75.5 Å². The zero-order valence-electron chi connectivity index (χ0n) is 8.73. The predicted molar refractivity (Wildman–Crippen MR) is 41.8 cm³/mol. The largest absolute Gasteiger partial charge is 2.00 e. The zero-order valence-corrected chi connectivity index (χ0v) is 12.1. The van der Waals surface area contributed by atoms with E-state index in [0.717, 1.165) is 0 Å². The van der Waals surface area contributed by atoms with Gasteiger partial charge in [0.05, 0.1) is 5.97 Å². The van der Waals surface area contributed by atoms with Crippen LogP contribution in [-0.2, 0) is 14.4 Å². The van der Waals surface area contributed by atoms with Crippen molar-refractivity contribution < 1.29 is 36.2 Å². The van der Waals surface area contributed by atoms with E-state index in [-0.39, 0.29) is 76.9 Å². The van der Waals surface area contributed by atoms with Gasteiger partial charge in [-0.2, -0.15) is 0 Å². The molecule has 0 rings (SSSR count). The Morgan fingerprint density at radius 2 is 1.27 bits per heavy atom. The van der Waals surface area contributed by atoms with Gasteiger partial charge in [0.15, 0.2) is 0 Å². The Labute approximate surface area is 146 Å². The molecule has 7 nitrogen and oxygen atoms in total. The minimum atomic E-state index is -2.97. The second-order valence-electron chi connectivity index (χ2n) is 2.42. The van der Waals surface area contributed by atoms with E-state index < -0.39 is 36.4 Å². The number of rotatable bonds is 5. The van der Waals surface area contributed by atoms with Gasteiger partial charge in [0.25, 0.3) is 0 Å². The molecule has 0 radical (unpaired) electrons. The Hall–Kier alpha value is 0.889. The molecule has 0 aromatic heterocycles. The van der Waals surface area contributed by atoms with Crippen molar-refractivity contribution >= 4 is 93.4 Å². The third kappa shape index (κ3) is 8.67.